The molecule has 0 radical (unpaired) electrons. The predicted molar refractivity (Wildman–Crippen MR) is 78.9 cm³/mol. The maximum Gasteiger partial charge on any atom is 0.158 e. The minimum absolute atomic E-state index is 0.612. The van der Waals surface area contributed by atoms with Gasteiger partial charge in [0.1, 0.15) is 0 Å². The third-order valence-electron chi connectivity index (χ3n) is 4.39. The molecule has 0 saturated carbocycles. The smallest absolute Gasteiger partial charge is 0.158 e. The van der Waals surface area contributed by atoms with Gasteiger partial charge < -0.3 is 5.43 Å². The summed E-state index contributed by atoms with van der Waals surface area (Å²) in [7, 11) is 0. The van der Waals surface area contributed by atoms with E-state index in [-0.39, 0.29) is 0 Å². The summed E-state index contributed by atoms with van der Waals surface area (Å²) in [6, 6.07) is 0.744. The Labute approximate surface area is 120 Å². The van der Waals surface area contributed by atoms with Gasteiger partial charge in [-0.15, -0.1) is 0 Å². The molecule has 1 unspecified atom stereocenters. The molecule has 1 aromatic heterocycles. The molecule has 3 N–H and O–H groups in total. The van der Waals surface area contributed by atoms with Gasteiger partial charge in [-0.3, -0.25) is 14.8 Å². The van der Waals surface area contributed by atoms with Crippen molar-refractivity contribution < 1.29 is 0 Å². The van der Waals surface area contributed by atoms with Gasteiger partial charge in [-0.2, -0.15) is 0 Å². The summed E-state index contributed by atoms with van der Waals surface area (Å²) in [5.74, 6) is 5.91. The first-order valence-electron chi connectivity index (χ1n) is 7.59. The summed E-state index contributed by atoms with van der Waals surface area (Å²) in [5.41, 5.74) is 3.52. The first-order valence-corrected chi connectivity index (χ1v) is 7.59. The molecule has 3 rings (SSSR count). The van der Waals surface area contributed by atoms with Crippen LogP contribution in [0.5, 0.6) is 0 Å². The van der Waals surface area contributed by atoms with Crippen molar-refractivity contribution in [1.82, 2.24) is 19.8 Å². The van der Waals surface area contributed by atoms with Crippen molar-refractivity contribution >= 4 is 5.82 Å². The zero-order valence-corrected chi connectivity index (χ0v) is 12.0. The number of hydrogen-bond acceptors (Lipinski definition) is 6. The topological polar surface area (TPSA) is 70.3 Å². The van der Waals surface area contributed by atoms with Gasteiger partial charge in [0, 0.05) is 25.7 Å². The average Bonchev–Trinajstić information content (AvgIpc) is 2.97. The molecule has 0 bridgehead atoms. The molecule has 0 aromatic carbocycles. The zero-order chi connectivity index (χ0) is 13.8. The second-order valence-electron chi connectivity index (χ2n) is 5.81. The highest BCUT2D eigenvalue weighted by molar-refractivity contribution is 5.28. The second kappa shape index (κ2) is 6.47. The molecule has 3 heterocycles. The summed E-state index contributed by atoms with van der Waals surface area (Å²) in [6.45, 7) is 5.80. The van der Waals surface area contributed by atoms with E-state index in [0.717, 1.165) is 18.3 Å². The van der Waals surface area contributed by atoms with E-state index >= 15 is 0 Å². The van der Waals surface area contributed by atoms with Crippen LogP contribution < -0.4 is 11.3 Å². The maximum absolute atomic E-state index is 5.30. The van der Waals surface area contributed by atoms with Gasteiger partial charge >= 0.3 is 0 Å². The lowest BCUT2D eigenvalue weighted by molar-refractivity contribution is 0.161. The quantitative estimate of drug-likeness (QED) is 0.627. The van der Waals surface area contributed by atoms with Crippen LogP contribution in [0.3, 0.4) is 0 Å². The molecule has 6 nitrogen and oxygen atoms in total. The Morgan fingerprint density at radius 1 is 1.15 bits per heavy atom. The number of nitrogens with two attached hydrogens (primary N) is 1. The Balaban J connectivity index is 1.51. The highest BCUT2D eigenvalue weighted by atomic mass is 15.3. The van der Waals surface area contributed by atoms with Crippen LogP contribution in [-0.4, -0.2) is 52.0 Å². The van der Waals surface area contributed by atoms with E-state index in [2.05, 4.69) is 25.2 Å². The fraction of sp³-hybridized carbons (Fsp3) is 0.714. The van der Waals surface area contributed by atoms with Crippen LogP contribution in [0, 0.1) is 0 Å². The molecular formula is C14H24N6. The number of rotatable bonds is 4. The SMILES string of the molecule is NNc1cnc(CN2CCC(N3CCCCC3)C2)cn1. The number of nitrogens with one attached hydrogen (secondary N) is 1. The van der Waals surface area contributed by atoms with Gasteiger partial charge in [0.2, 0.25) is 0 Å². The summed E-state index contributed by atoms with van der Waals surface area (Å²) >= 11 is 0. The van der Waals surface area contributed by atoms with Crippen molar-refractivity contribution in [2.75, 3.05) is 31.6 Å². The fourth-order valence-electron chi connectivity index (χ4n) is 3.28. The summed E-state index contributed by atoms with van der Waals surface area (Å²) < 4.78 is 0. The Morgan fingerprint density at radius 2 is 2.00 bits per heavy atom. The normalized spacial score (nSPS) is 24.9. The first kappa shape index (κ1) is 13.7. The van der Waals surface area contributed by atoms with Gasteiger partial charge in [0.05, 0.1) is 18.1 Å². The van der Waals surface area contributed by atoms with E-state index in [1.54, 1.807) is 6.20 Å². The third-order valence-corrected chi connectivity index (χ3v) is 4.39. The Bertz CT molecular complexity index is 414. The molecule has 2 aliphatic rings. The first-order chi connectivity index (χ1) is 9.85. The van der Waals surface area contributed by atoms with Crippen molar-refractivity contribution in [2.24, 2.45) is 5.84 Å². The highest BCUT2D eigenvalue weighted by Crippen LogP contribution is 2.21. The van der Waals surface area contributed by atoms with E-state index in [9.17, 15) is 0 Å². The van der Waals surface area contributed by atoms with Crippen LogP contribution in [-0.2, 0) is 6.54 Å². The molecule has 1 aromatic rings. The molecule has 0 amide bonds. The number of piperidine rings is 1. The van der Waals surface area contributed by atoms with E-state index in [1.807, 2.05) is 6.20 Å². The summed E-state index contributed by atoms with van der Waals surface area (Å²) in [6.07, 6.45) is 8.93. The van der Waals surface area contributed by atoms with Crippen LogP contribution in [0.15, 0.2) is 12.4 Å². The average molecular weight is 276 g/mol. The Hall–Kier alpha value is -1.24. The Kier molecular flexibility index (Phi) is 4.44. The Morgan fingerprint density at radius 3 is 2.70 bits per heavy atom. The number of nitrogens with zero attached hydrogens (tertiary/aromatic N) is 4. The summed E-state index contributed by atoms with van der Waals surface area (Å²) in [5, 5.41) is 0. The molecule has 1 atom stereocenters. The van der Waals surface area contributed by atoms with Crippen molar-refractivity contribution in [1.29, 1.82) is 0 Å². The molecular weight excluding hydrogens is 252 g/mol. The molecule has 110 valence electrons. The van der Waals surface area contributed by atoms with E-state index < -0.39 is 0 Å². The number of hydrazine groups is 1. The van der Waals surface area contributed by atoms with Gasteiger partial charge in [0.25, 0.3) is 0 Å². The fourth-order valence-corrected chi connectivity index (χ4v) is 3.28. The third kappa shape index (κ3) is 3.26. The highest BCUT2D eigenvalue weighted by Gasteiger charge is 2.28. The van der Waals surface area contributed by atoms with Crippen LogP contribution in [0.2, 0.25) is 0 Å². The van der Waals surface area contributed by atoms with E-state index in [4.69, 9.17) is 5.84 Å². The molecule has 6 heteroatoms. The zero-order valence-electron chi connectivity index (χ0n) is 12.0. The van der Waals surface area contributed by atoms with E-state index in [0.29, 0.717) is 5.82 Å². The van der Waals surface area contributed by atoms with Crippen LogP contribution in [0.4, 0.5) is 5.82 Å². The largest absolute Gasteiger partial charge is 0.307 e. The molecule has 0 aliphatic carbocycles. The lowest BCUT2D eigenvalue weighted by Crippen LogP contribution is -2.40. The summed E-state index contributed by atoms with van der Waals surface area (Å²) in [4.78, 5) is 13.8. The van der Waals surface area contributed by atoms with Crippen LogP contribution in [0.1, 0.15) is 31.4 Å². The number of hydrogen-bond donors (Lipinski definition) is 2. The molecule has 2 aliphatic heterocycles. The van der Waals surface area contributed by atoms with Gasteiger partial charge in [-0.25, -0.2) is 10.8 Å². The lowest BCUT2D eigenvalue weighted by atomic mass is 10.1. The number of likely N-dealkylation sites (tertiary alicyclic amines) is 2. The van der Waals surface area contributed by atoms with Crippen molar-refractivity contribution in [3.05, 3.63) is 18.1 Å². The molecule has 20 heavy (non-hydrogen) atoms. The monoisotopic (exact) mass is 276 g/mol. The molecule has 2 saturated heterocycles. The van der Waals surface area contributed by atoms with Gasteiger partial charge in [-0.05, 0) is 32.4 Å². The number of anilines is 1. The number of aromatic nitrogens is 2. The van der Waals surface area contributed by atoms with Crippen molar-refractivity contribution in [3.8, 4) is 0 Å². The maximum atomic E-state index is 5.30. The van der Waals surface area contributed by atoms with Crippen molar-refractivity contribution in [2.45, 2.75) is 38.3 Å². The van der Waals surface area contributed by atoms with Crippen LogP contribution >= 0.6 is 0 Å². The van der Waals surface area contributed by atoms with Crippen molar-refractivity contribution in [3.63, 3.8) is 0 Å². The lowest BCUT2D eigenvalue weighted by Gasteiger charge is -2.32. The standard InChI is InChI=1S/C14H24N6/c15-18-14-9-16-12(8-17-14)10-19-7-4-13(11-19)20-5-2-1-3-6-20/h8-9,13H,1-7,10-11,15H2,(H,17,18). The van der Waals surface area contributed by atoms with Crippen LogP contribution in [0.25, 0.3) is 0 Å². The number of nitrogen functional groups attached to an aromatic ring is 1. The minimum atomic E-state index is 0.612. The second-order valence-corrected chi connectivity index (χ2v) is 5.81. The molecule has 0 spiro atoms. The minimum Gasteiger partial charge on any atom is -0.307 e. The van der Waals surface area contributed by atoms with Gasteiger partial charge in [0.15, 0.2) is 5.82 Å². The van der Waals surface area contributed by atoms with Gasteiger partial charge in [-0.1, -0.05) is 6.42 Å². The van der Waals surface area contributed by atoms with E-state index in [1.165, 1.54) is 51.9 Å². The predicted octanol–water partition coefficient (Wildman–Crippen LogP) is 0.822. The molecule has 2 fully saturated rings.